The van der Waals surface area contributed by atoms with E-state index in [1.165, 1.54) is 0 Å². The van der Waals surface area contributed by atoms with Gasteiger partial charge in [0.2, 0.25) is 0 Å². The summed E-state index contributed by atoms with van der Waals surface area (Å²) in [5.41, 5.74) is 0.745. The number of anilines is 1. The Balaban J connectivity index is 1.96. The molecule has 3 N–H and O–H groups in total. The van der Waals surface area contributed by atoms with Crippen molar-refractivity contribution in [1.82, 2.24) is 10.6 Å². The number of carbonyl (C=O) groups excluding carboxylic acids is 1. The molecule has 0 atom stereocenters. The third-order valence-corrected chi connectivity index (χ3v) is 3.85. The summed E-state index contributed by atoms with van der Waals surface area (Å²) in [7, 11) is 1.61. The number of hydrogen-bond acceptors (Lipinski definition) is 3. The maximum Gasteiger partial charge on any atom is 0.319 e. The fourth-order valence-electron chi connectivity index (χ4n) is 3.48. The molecule has 0 unspecified atom stereocenters. The Morgan fingerprint density at radius 2 is 1.86 bits per heavy atom. The Morgan fingerprint density at radius 1 is 1.23 bits per heavy atom. The number of urea groups is 1. The van der Waals surface area contributed by atoms with Crippen LogP contribution in [0.1, 0.15) is 40.5 Å². The van der Waals surface area contributed by atoms with Crippen molar-refractivity contribution in [3.05, 3.63) is 24.3 Å². The van der Waals surface area contributed by atoms with Gasteiger partial charge in [0.05, 0.1) is 7.11 Å². The number of amides is 2. The van der Waals surface area contributed by atoms with Gasteiger partial charge in [0.15, 0.2) is 0 Å². The second kappa shape index (κ2) is 6.16. The highest BCUT2D eigenvalue weighted by molar-refractivity contribution is 5.89. The van der Waals surface area contributed by atoms with Crippen LogP contribution in [0.4, 0.5) is 10.5 Å². The fraction of sp³-hybridized carbons (Fsp3) is 0.588. The van der Waals surface area contributed by atoms with E-state index >= 15 is 0 Å². The molecule has 0 bridgehead atoms. The molecular weight excluding hydrogens is 278 g/mol. The Hall–Kier alpha value is -1.75. The Kier molecular flexibility index (Phi) is 4.66. The van der Waals surface area contributed by atoms with Crippen LogP contribution in [0, 0.1) is 0 Å². The first kappa shape index (κ1) is 16.6. The van der Waals surface area contributed by atoms with Crippen molar-refractivity contribution in [3.63, 3.8) is 0 Å². The molecule has 5 nitrogen and oxygen atoms in total. The van der Waals surface area contributed by atoms with Crippen molar-refractivity contribution >= 4 is 11.7 Å². The summed E-state index contributed by atoms with van der Waals surface area (Å²) in [5, 5.41) is 9.57. The van der Waals surface area contributed by atoms with Gasteiger partial charge in [0.25, 0.3) is 0 Å². The molecule has 0 aliphatic carbocycles. The van der Waals surface area contributed by atoms with Crippen LogP contribution < -0.4 is 20.7 Å². The van der Waals surface area contributed by atoms with Gasteiger partial charge in [-0.25, -0.2) is 4.79 Å². The van der Waals surface area contributed by atoms with Crippen molar-refractivity contribution < 1.29 is 9.53 Å². The zero-order chi connectivity index (χ0) is 16.4. The average Bonchev–Trinajstić information content (AvgIpc) is 2.34. The van der Waals surface area contributed by atoms with Crippen LogP contribution in [-0.4, -0.2) is 30.3 Å². The molecule has 1 aliphatic rings. The van der Waals surface area contributed by atoms with Crippen molar-refractivity contribution in [3.8, 4) is 5.75 Å². The number of nitrogens with one attached hydrogen (secondary N) is 3. The van der Waals surface area contributed by atoms with Crippen LogP contribution in [0.2, 0.25) is 0 Å². The highest BCUT2D eigenvalue weighted by atomic mass is 16.5. The third kappa shape index (κ3) is 4.63. The molecule has 1 heterocycles. The molecule has 5 heteroatoms. The van der Waals surface area contributed by atoms with Gasteiger partial charge in [-0.15, -0.1) is 0 Å². The van der Waals surface area contributed by atoms with Gasteiger partial charge in [-0.1, -0.05) is 6.07 Å². The normalized spacial score (nSPS) is 20.2. The van der Waals surface area contributed by atoms with E-state index in [0.717, 1.165) is 24.3 Å². The zero-order valence-corrected chi connectivity index (χ0v) is 14.1. The first-order valence-electron chi connectivity index (χ1n) is 7.70. The minimum atomic E-state index is -0.174. The molecule has 1 aromatic carbocycles. The number of rotatable bonds is 3. The lowest BCUT2D eigenvalue weighted by Gasteiger charge is -2.46. The lowest BCUT2D eigenvalue weighted by molar-refractivity contribution is 0.149. The summed E-state index contributed by atoms with van der Waals surface area (Å²) in [5.74, 6) is 0.724. The lowest BCUT2D eigenvalue weighted by atomic mass is 9.80. The van der Waals surface area contributed by atoms with E-state index in [1.807, 2.05) is 18.2 Å². The van der Waals surface area contributed by atoms with Crippen LogP contribution in [-0.2, 0) is 0 Å². The van der Waals surface area contributed by atoms with Crippen LogP contribution in [0.3, 0.4) is 0 Å². The standard InChI is InChI=1S/C17H27N3O2/c1-16(2)10-13(11-17(3,4)20-16)19-15(21)18-12-7-6-8-14(9-12)22-5/h6-9,13,20H,10-11H2,1-5H3,(H2,18,19,21). The number of carbonyl (C=O) groups is 1. The Labute approximate surface area is 132 Å². The number of hydrogen-bond donors (Lipinski definition) is 3. The lowest BCUT2D eigenvalue weighted by Crippen LogP contribution is -2.62. The second-order valence-electron chi connectivity index (χ2n) is 7.33. The van der Waals surface area contributed by atoms with E-state index in [0.29, 0.717) is 0 Å². The molecule has 1 aliphatic heterocycles. The molecule has 122 valence electrons. The van der Waals surface area contributed by atoms with E-state index in [-0.39, 0.29) is 23.2 Å². The van der Waals surface area contributed by atoms with Gasteiger partial charge in [0, 0.05) is 28.9 Å². The second-order valence-corrected chi connectivity index (χ2v) is 7.33. The SMILES string of the molecule is COc1cccc(NC(=O)NC2CC(C)(C)NC(C)(C)C2)c1. The smallest absolute Gasteiger partial charge is 0.319 e. The largest absolute Gasteiger partial charge is 0.497 e. The molecule has 1 fully saturated rings. The predicted octanol–water partition coefficient (Wildman–Crippen LogP) is 3.13. The molecule has 0 saturated carbocycles. The number of methoxy groups -OCH3 is 1. The minimum absolute atomic E-state index is 0.00959. The fourth-order valence-corrected chi connectivity index (χ4v) is 3.48. The maximum absolute atomic E-state index is 12.2. The number of benzene rings is 1. The molecule has 1 aromatic rings. The molecule has 0 radical (unpaired) electrons. The summed E-state index contributed by atoms with van der Waals surface area (Å²) in [6, 6.07) is 7.32. The van der Waals surface area contributed by atoms with Crippen LogP contribution in [0.5, 0.6) is 5.75 Å². The Bertz CT molecular complexity index is 524. The summed E-state index contributed by atoms with van der Waals surface area (Å²) in [6.45, 7) is 8.68. The monoisotopic (exact) mass is 305 g/mol. The Morgan fingerprint density at radius 3 is 2.45 bits per heavy atom. The summed E-state index contributed by atoms with van der Waals surface area (Å²) >= 11 is 0. The van der Waals surface area contributed by atoms with Crippen molar-refractivity contribution in [1.29, 1.82) is 0 Å². The minimum Gasteiger partial charge on any atom is -0.497 e. The molecule has 1 saturated heterocycles. The van der Waals surface area contributed by atoms with E-state index in [9.17, 15) is 4.79 Å². The van der Waals surface area contributed by atoms with Gasteiger partial charge in [-0.3, -0.25) is 0 Å². The summed E-state index contributed by atoms with van der Waals surface area (Å²) < 4.78 is 5.16. The molecular formula is C17H27N3O2. The van der Waals surface area contributed by atoms with Gasteiger partial charge in [-0.05, 0) is 52.7 Å². The molecule has 2 rings (SSSR count). The van der Waals surface area contributed by atoms with Crippen molar-refractivity contribution in [2.75, 3.05) is 12.4 Å². The van der Waals surface area contributed by atoms with Crippen molar-refractivity contribution in [2.24, 2.45) is 0 Å². The average molecular weight is 305 g/mol. The van der Waals surface area contributed by atoms with Crippen LogP contribution in [0.15, 0.2) is 24.3 Å². The summed E-state index contributed by atoms with van der Waals surface area (Å²) in [4.78, 5) is 12.2. The maximum atomic E-state index is 12.2. The predicted molar refractivity (Wildman–Crippen MR) is 89.5 cm³/mol. The first-order valence-corrected chi connectivity index (χ1v) is 7.70. The number of piperidine rings is 1. The van der Waals surface area contributed by atoms with E-state index in [1.54, 1.807) is 13.2 Å². The van der Waals surface area contributed by atoms with Gasteiger partial charge >= 0.3 is 6.03 Å². The highest BCUT2D eigenvalue weighted by Crippen LogP contribution is 2.28. The third-order valence-electron chi connectivity index (χ3n) is 3.85. The highest BCUT2D eigenvalue weighted by Gasteiger charge is 2.38. The van der Waals surface area contributed by atoms with E-state index < -0.39 is 0 Å². The first-order chi connectivity index (χ1) is 10.2. The molecule has 0 spiro atoms. The van der Waals surface area contributed by atoms with Crippen LogP contribution >= 0.6 is 0 Å². The van der Waals surface area contributed by atoms with Gasteiger partial charge in [0.1, 0.15) is 5.75 Å². The topological polar surface area (TPSA) is 62.4 Å². The molecule has 0 aromatic heterocycles. The number of ether oxygens (including phenoxy) is 1. The zero-order valence-electron chi connectivity index (χ0n) is 14.1. The van der Waals surface area contributed by atoms with Crippen molar-refractivity contribution in [2.45, 2.75) is 57.7 Å². The molecule has 2 amide bonds. The van der Waals surface area contributed by atoms with Gasteiger partial charge < -0.3 is 20.7 Å². The molecule has 22 heavy (non-hydrogen) atoms. The van der Waals surface area contributed by atoms with E-state index in [2.05, 4.69) is 43.6 Å². The van der Waals surface area contributed by atoms with Crippen LogP contribution in [0.25, 0.3) is 0 Å². The van der Waals surface area contributed by atoms with Gasteiger partial charge in [-0.2, -0.15) is 0 Å². The quantitative estimate of drug-likeness (QED) is 0.804. The van der Waals surface area contributed by atoms with E-state index in [4.69, 9.17) is 4.74 Å². The summed E-state index contributed by atoms with van der Waals surface area (Å²) in [6.07, 6.45) is 1.81.